The largest absolute Gasteiger partial charge is 0.462 e. The number of carbonyl (C=O) groups is 3. The van der Waals surface area contributed by atoms with Crippen molar-refractivity contribution >= 4 is 17.9 Å². The third kappa shape index (κ3) is 45.8. The molecule has 0 spiro atoms. The van der Waals surface area contributed by atoms with E-state index in [0.717, 1.165) is 116 Å². The molecule has 1 unspecified atom stereocenters. The third-order valence-electron chi connectivity index (χ3n) is 10.2. The number of carbonyl (C=O) groups excluding carboxylic acids is 3. The van der Waals surface area contributed by atoms with E-state index in [1.807, 2.05) is 0 Å². The van der Waals surface area contributed by atoms with Gasteiger partial charge in [-0.2, -0.15) is 0 Å². The second kappa shape index (κ2) is 47.5. The van der Waals surface area contributed by atoms with E-state index in [1.54, 1.807) is 0 Å². The second-order valence-electron chi connectivity index (χ2n) is 16.0. The molecule has 0 saturated heterocycles. The van der Waals surface area contributed by atoms with E-state index in [0.29, 0.717) is 19.3 Å². The fourth-order valence-corrected chi connectivity index (χ4v) is 6.52. The first kappa shape index (κ1) is 55.9. The highest BCUT2D eigenvalue weighted by atomic mass is 16.6. The molecule has 0 fully saturated rings. The van der Waals surface area contributed by atoms with E-state index in [2.05, 4.69) is 93.7 Å². The molecule has 0 heterocycles. The predicted octanol–water partition coefficient (Wildman–Crippen LogP) is 15.9. The van der Waals surface area contributed by atoms with Crippen molar-refractivity contribution in [2.45, 2.75) is 232 Å². The van der Waals surface area contributed by atoms with E-state index in [4.69, 9.17) is 14.2 Å². The Hall–Kier alpha value is -3.15. The zero-order valence-electron chi connectivity index (χ0n) is 38.5. The quantitative estimate of drug-likeness (QED) is 0.0264. The monoisotopic (exact) mass is 823 g/mol. The van der Waals surface area contributed by atoms with E-state index < -0.39 is 6.10 Å². The lowest BCUT2D eigenvalue weighted by Gasteiger charge is -2.18. The number of allylic oxidation sites excluding steroid dienone is 12. The zero-order chi connectivity index (χ0) is 43.0. The Morgan fingerprint density at radius 1 is 0.356 bits per heavy atom. The minimum absolute atomic E-state index is 0.0870. The van der Waals surface area contributed by atoms with Crippen LogP contribution in [-0.4, -0.2) is 37.2 Å². The predicted molar refractivity (Wildman–Crippen MR) is 251 cm³/mol. The van der Waals surface area contributed by atoms with Gasteiger partial charge in [-0.05, 0) is 89.9 Å². The van der Waals surface area contributed by atoms with Gasteiger partial charge in [-0.15, -0.1) is 0 Å². The van der Waals surface area contributed by atoms with E-state index in [1.165, 1.54) is 70.6 Å². The summed E-state index contributed by atoms with van der Waals surface area (Å²) in [5, 5.41) is 0. The van der Waals surface area contributed by atoms with Gasteiger partial charge in [0.15, 0.2) is 6.10 Å². The number of unbranched alkanes of at least 4 members (excludes halogenated alkanes) is 20. The molecule has 0 aromatic heterocycles. The number of hydrogen-bond acceptors (Lipinski definition) is 6. The Kier molecular flexibility index (Phi) is 45.0. The van der Waals surface area contributed by atoms with Crippen LogP contribution in [0, 0.1) is 0 Å². The molecule has 6 heteroatoms. The van der Waals surface area contributed by atoms with Gasteiger partial charge in [0.1, 0.15) is 13.2 Å². The maximum Gasteiger partial charge on any atom is 0.306 e. The van der Waals surface area contributed by atoms with E-state index in [-0.39, 0.29) is 31.1 Å². The van der Waals surface area contributed by atoms with Crippen molar-refractivity contribution in [3.63, 3.8) is 0 Å². The lowest BCUT2D eigenvalue weighted by Crippen LogP contribution is -2.30. The lowest BCUT2D eigenvalue weighted by molar-refractivity contribution is -0.167. The normalized spacial score (nSPS) is 12.7. The number of rotatable bonds is 43. The molecule has 6 nitrogen and oxygen atoms in total. The first-order valence-electron chi connectivity index (χ1n) is 24.4. The molecule has 0 radical (unpaired) electrons. The van der Waals surface area contributed by atoms with Crippen molar-refractivity contribution in [1.82, 2.24) is 0 Å². The summed E-state index contributed by atoms with van der Waals surface area (Å²) in [6.07, 6.45) is 58.9. The van der Waals surface area contributed by atoms with Gasteiger partial charge in [-0.1, -0.05) is 190 Å². The summed E-state index contributed by atoms with van der Waals surface area (Å²) in [5.41, 5.74) is 0. The summed E-state index contributed by atoms with van der Waals surface area (Å²) in [4.78, 5) is 37.7. The average Bonchev–Trinajstić information content (AvgIpc) is 3.23. The zero-order valence-corrected chi connectivity index (χ0v) is 38.5. The SMILES string of the molecule is CC/C=C\C/C=C\C/C=C\CCCCCCCC(=O)OC(COC(=O)CCCCCCCCC)COC(=O)CCCCCCCC/C=C\C/C=C\C/C=C\CCCCC. The molecular weight excluding hydrogens is 733 g/mol. The molecule has 0 saturated carbocycles. The summed E-state index contributed by atoms with van der Waals surface area (Å²) >= 11 is 0. The molecule has 1 atom stereocenters. The van der Waals surface area contributed by atoms with Gasteiger partial charge in [-0.3, -0.25) is 14.4 Å². The smallest absolute Gasteiger partial charge is 0.306 e. The Labute approximate surface area is 363 Å². The molecule has 0 aliphatic carbocycles. The maximum atomic E-state index is 12.7. The lowest BCUT2D eigenvalue weighted by atomic mass is 10.1. The molecule has 0 rings (SSSR count). The molecule has 0 bridgehead atoms. The molecule has 59 heavy (non-hydrogen) atoms. The highest BCUT2D eigenvalue weighted by Crippen LogP contribution is 2.13. The van der Waals surface area contributed by atoms with Crippen LogP contribution in [0.4, 0.5) is 0 Å². The number of ether oxygens (including phenoxy) is 3. The molecule has 0 aromatic rings. The highest BCUT2D eigenvalue weighted by Gasteiger charge is 2.19. The average molecular weight is 823 g/mol. The van der Waals surface area contributed by atoms with Gasteiger partial charge in [-0.25, -0.2) is 0 Å². The van der Waals surface area contributed by atoms with Crippen molar-refractivity contribution in [3.8, 4) is 0 Å². The molecule has 0 N–H and O–H groups in total. The van der Waals surface area contributed by atoms with Crippen LogP contribution in [0.15, 0.2) is 72.9 Å². The molecule has 0 amide bonds. The fourth-order valence-electron chi connectivity index (χ4n) is 6.52. The van der Waals surface area contributed by atoms with Crippen LogP contribution in [-0.2, 0) is 28.6 Å². The van der Waals surface area contributed by atoms with E-state index >= 15 is 0 Å². The summed E-state index contributed by atoms with van der Waals surface area (Å²) in [7, 11) is 0. The Bertz CT molecular complexity index is 1130. The van der Waals surface area contributed by atoms with Gasteiger partial charge in [0, 0.05) is 19.3 Å². The third-order valence-corrected chi connectivity index (χ3v) is 10.2. The van der Waals surface area contributed by atoms with Gasteiger partial charge in [0.05, 0.1) is 0 Å². The van der Waals surface area contributed by atoms with Crippen molar-refractivity contribution in [3.05, 3.63) is 72.9 Å². The van der Waals surface area contributed by atoms with Crippen LogP contribution in [0.1, 0.15) is 226 Å². The van der Waals surface area contributed by atoms with Crippen LogP contribution < -0.4 is 0 Å². The summed E-state index contributed by atoms with van der Waals surface area (Å²) < 4.78 is 16.7. The summed E-state index contributed by atoms with van der Waals surface area (Å²) in [6, 6.07) is 0. The summed E-state index contributed by atoms with van der Waals surface area (Å²) in [6.45, 7) is 6.42. The molecule has 338 valence electrons. The van der Waals surface area contributed by atoms with Crippen LogP contribution in [0.3, 0.4) is 0 Å². The van der Waals surface area contributed by atoms with Crippen LogP contribution in [0.5, 0.6) is 0 Å². The Morgan fingerprint density at radius 3 is 1.07 bits per heavy atom. The second-order valence-corrected chi connectivity index (χ2v) is 16.0. The topological polar surface area (TPSA) is 78.9 Å². The summed E-state index contributed by atoms with van der Waals surface area (Å²) in [5.74, 6) is -0.926. The van der Waals surface area contributed by atoms with Gasteiger partial charge < -0.3 is 14.2 Å². The number of hydrogen-bond donors (Lipinski definition) is 0. The first-order valence-corrected chi connectivity index (χ1v) is 24.4. The highest BCUT2D eigenvalue weighted by molar-refractivity contribution is 5.71. The van der Waals surface area contributed by atoms with Crippen molar-refractivity contribution in [2.75, 3.05) is 13.2 Å². The molecule has 0 aliphatic heterocycles. The standard InChI is InChI=1S/C53H90O6/c1-4-7-10-13-16-18-20-22-24-25-26-27-29-30-32-34-37-40-43-46-52(55)58-49-50(48-57-51(54)45-42-39-36-15-12-9-6-3)59-53(56)47-44-41-38-35-33-31-28-23-21-19-17-14-11-8-5-2/h8,11,16-19,22-24,26-28,50H,4-7,9-10,12-15,20-21,25,29-49H2,1-3H3/b11-8-,18-16-,19-17-,24-22-,27-26-,28-23-. The van der Waals surface area contributed by atoms with Crippen molar-refractivity contribution in [1.29, 1.82) is 0 Å². The minimum Gasteiger partial charge on any atom is -0.462 e. The van der Waals surface area contributed by atoms with Gasteiger partial charge in [0.2, 0.25) is 0 Å². The van der Waals surface area contributed by atoms with Gasteiger partial charge >= 0.3 is 17.9 Å². The molecular formula is C53H90O6. The Balaban J connectivity index is 4.33. The van der Waals surface area contributed by atoms with Gasteiger partial charge in [0.25, 0.3) is 0 Å². The Morgan fingerprint density at radius 2 is 0.661 bits per heavy atom. The minimum atomic E-state index is -0.786. The van der Waals surface area contributed by atoms with Crippen molar-refractivity contribution < 1.29 is 28.6 Å². The maximum absolute atomic E-state index is 12.7. The molecule has 0 aromatic carbocycles. The fraction of sp³-hybridized carbons (Fsp3) is 0.717. The van der Waals surface area contributed by atoms with Crippen LogP contribution >= 0.6 is 0 Å². The van der Waals surface area contributed by atoms with Crippen LogP contribution in [0.2, 0.25) is 0 Å². The molecule has 0 aliphatic rings. The van der Waals surface area contributed by atoms with E-state index in [9.17, 15) is 14.4 Å². The van der Waals surface area contributed by atoms with Crippen LogP contribution in [0.25, 0.3) is 0 Å². The van der Waals surface area contributed by atoms with Crippen molar-refractivity contribution in [2.24, 2.45) is 0 Å². The number of esters is 3. The first-order chi connectivity index (χ1) is 29.0.